The van der Waals surface area contributed by atoms with Crippen molar-refractivity contribution in [3.8, 4) is 0 Å². The fourth-order valence-electron chi connectivity index (χ4n) is 2.85. The standard InChI is InChI=1S/C16H26N2O2S/c1-4-16(17-3)14-9-6-10-15(11-14)21(19,20)18-12(2)13-7-5-8-13/h6,9-13,16-18H,4-5,7-8H2,1-3H3. The van der Waals surface area contributed by atoms with Crippen LogP contribution in [0.5, 0.6) is 0 Å². The molecule has 1 aliphatic carbocycles. The minimum atomic E-state index is -3.43. The molecule has 2 N–H and O–H groups in total. The summed E-state index contributed by atoms with van der Waals surface area (Å²) in [7, 11) is -1.54. The highest BCUT2D eigenvalue weighted by Gasteiger charge is 2.28. The average Bonchev–Trinajstić information content (AvgIpc) is 2.38. The Morgan fingerprint density at radius 3 is 2.57 bits per heavy atom. The molecule has 2 rings (SSSR count). The molecule has 0 radical (unpaired) electrons. The lowest BCUT2D eigenvalue weighted by atomic mass is 9.81. The fraction of sp³-hybridized carbons (Fsp3) is 0.625. The maximum absolute atomic E-state index is 12.5. The Bertz CT molecular complexity index is 563. The molecule has 0 bridgehead atoms. The molecular formula is C16H26N2O2S. The van der Waals surface area contributed by atoms with Crippen LogP contribution in [-0.2, 0) is 10.0 Å². The van der Waals surface area contributed by atoms with Crippen molar-refractivity contribution in [2.75, 3.05) is 7.05 Å². The first-order valence-corrected chi connectivity index (χ1v) is 9.25. The molecule has 21 heavy (non-hydrogen) atoms. The van der Waals surface area contributed by atoms with E-state index in [2.05, 4.69) is 17.0 Å². The topological polar surface area (TPSA) is 58.2 Å². The second kappa shape index (κ2) is 6.90. The van der Waals surface area contributed by atoms with E-state index in [0.717, 1.165) is 24.8 Å². The van der Waals surface area contributed by atoms with Crippen molar-refractivity contribution in [2.45, 2.75) is 56.5 Å². The molecule has 5 heteroatoms. The van der Waals surface area contributed by atoms with E-state index in [-0.39, 0.29) is 12.1 Å². The first-order valence-electron chi connectivity index (χ1n) is 7.77. The molecule has 2 atom stereocenters. The lowest BCUT2D eigenvalue weighted by molar-refractivity contribution is 0.260. The van der Waals surface area contributed by atoms with Gasteiger partial charge in [0.1, 0.15) is 0 Å². The highest BCUT2D eigenvalue weighted by atomic mass is 32.2. The molecule has 0 saturated heterocycles. The maximum Gasteiger partial charge on any atom is 0.240 e. The normalized spacial score (nSPS) is 19.0. The van der Waals surface area contributed by atoms with Crippen LogP contribution in [0.2, 0.25) is 0 Å². The van der Waals surface area contributed by atoms with Crippen molar-refractivity contribution < 1.29 is 8.42 Å². The van der Waals surface area contributed by atoms with Crippen LogP contribution in [-0.4, -0.2) is 21.5 Å². The van der Waals surface area contributed by atoms with Crippen LogP contribution in [0, 0.1) is 5.92 Å². The Morgan fingerprint density at radius 1 is 1.33 bits per heavy atom. The molecule has 2 unspecified atom stereocenters. The fourth-order valence-corrected chi connectivity index (χ4v) is 4.22. The van der Waals surface area contributed by atoms with Crippen LogP contribution < -0.4 is 10.0 Å². The van der Waals surface area contributed by atoms with E-state index in [9.17, 15) is 8.42 Å². The van der Waals surface area contributed by atoms with E-state index in [1.807, 2.05) is 26.1 Å². The van der Waals surface area contributed by atoms with Gasteiger partial charge in [0, 0.05) is 12.1 Å². The van der Waals surface area contributed by atoms with Gasteiger partial charge in [-0.05, 0) is 56.8 Å². The molecule has 1 aromatic carbocycles. The Balaban J connectivity index is 2.17. The molecule has 0 aromatic heterocycles. The maximum atomic E-state index is 12.5. The van der Waals surface area contributed by atoms with E-state index in [1.54, 1.807) is 12.1 Å². The third-order valence-electron chi connectivity index (χ3n) is 4.53. The summed E-state index contributed by atoms with van der Waals surface area (Å²) in [4.78, 5) is 0.361. The van der Waals surface area contributed by atoms with Crippen molar-refractivity contribution >= 4 is 10.0 Å². The summed E-state index contributed by atoms with van der Waals surface area (Å²) in [6, 6.07) is 7.43. The molecule has 4 nitrogen and oxygen atoms in total. The van der Waals surface area contributed by atoms with Crippen LogP contribution in [0.25, 0.3) is 0 Å². The first kappa shape index (κ1) is 16.5. The zero-order valence-corrected chi connectivity index (χ0v) is 13.9. The second-order valence-electron chi connectivity index (χ2n) is 5.92. The molecule has 1 aliphatic rings. The molecule has 1 aromatic rings. The summed E-state index contributed by atoms with van der Waals surface area (Å²) in [5.74, 6) is 0.489. The monoisotopic (exact) mass is 310 g/mol. The Hall–Kier alpha value is -0.910. The van der Waals surface area contributed by atoms with E-state index in [4.69, 9.17) is 0 Å². The molecule has 118 valence electrons. The van der Waals surface area contributed by atoms with E-state index in [0.29, 0.717) is 10.8 Å². The number of sulfonamides is 1. The summed E-state index contributed by atoms with van der Waals surface area (Å²) in [6.45, 7) is 4.05. The molecule has 1 saturated carbocycles. The highest BCUT2D eigenvalue weighted by Crippen LogP contribution is 2.30. The number of hydrogen-bond acceptors (Lipinski definition) is 3. The van der Waals surface area contributed by atoms with Gasteiger partial charge in [-0.1, -0.05) is 25.5 Å². The Labute approximate surface area is 128 Å². The first-order chi connectivity index (χ1) is 9.97. The van der Waals surface area contributed by atoms with Crippen LogP contribution in [0.3, 0.4) is 0 Å². The molecule has 0 amide bonds. The van der Waals surface area contributed by atoms with Gasteiger partial charge in [-0.2, -0.15) is 0 Å². The van der Waals surface area contributed by atoms with Crippen LogP contribution in [0.4, 0.5) is 0 Å². The van der Waals surface area contributed by atoms with Crippen molar-refractivity contribution in [2.24, 2.45) is 5.92 Å². The summed E-state index contributed by atoms with van der Waals surface area (Å²) in [5, 5.41) is 3.21. The number of benzene rings is 1. The lowest BCUT2D eigenvalue weighted by Crippen LogP contribution is -2.40. The van der Waals surface area contributed by atoms with Crippen molar-refractivity contribution in [3.05, 3.63) is 29.8 Å². The van der Waals surface area contributed by atoms with Gasteiger partial charge in [0.25, 0.3) is 0 Å². The smallest absolute Gasteiger partial charge is 0.240 e. The average molecular weight is 310 g/mol. The van der Waals surface area contributed by atoms with Gasteiger partial charge < -0.3 is 5.32 Å². The van der Waals surface area contributed by atoms with Crippen LogP contribution in [0.15, 0.2) is 29.2 Å². The summed E-state index contributed by atoms with van der Waals surface area (Å²) < 4.78 is 27.8. The largest absolute Gasteiger partial charge is 0.313 e. The summed E-state index contributed by atoms with van der Waals surface area (Å²) >= 11 is 0. The number of hydrogen-bond donors (Lipinski definition) is 2. The summed E-state index contributed by atoms with van der Waals surface area (Å²) in [5.41, 5.74) is 1.01. The van der Waals surface area contributed by atoms with Gasteiger partial charge in [-0.15, -0.1) is 0 Å². The van der Waals surface area contributed by atoms with Gasteiger partial charge >= 0.3 is 0 Å². The third kappa shape index (κ3) is 3.84. The van der Waals surface area contributed by atoms with Gasteiger partial charge in [0.05, 0.1) is 4.90 Å². The number of rotatable bonds is 7. The quantitative estimate of drug-likeness (QED) is 0.814. The Kier molecular flexibility index (Phi) is 5.41. The van der Waals surface area contributed by atoms with Gasteiger partial charge in [0.15, 0.2) is 0 Å². The van der Waals surface area contributed by atoms with Crippen molar-refractivity contribution in [3.63, 3.8) is 0 Å². The molecule has 1 fully saturated rings. The van der Waals surface area contributed by atoms with Gasteiger partial charge in [-0.25, -0.2) is 13.1 Å². The minimum absolute atomic E-state index is 0.0127. The third-order valence-corrected chi connectivity index (χ3v) is 6.08. The molecule has 0 spiro atoms. The molecule has 0 aliphatic heterocycles. The lowest BCUT2D eigenvalue weighted by Gasteiger charge is -2.31. The predicted octanol–water partition coefficient (Wildman–Crippen LogP) is 2.82. The van der Waals surface area contributed by atoms with E-state index >= 15 is 0 Å². The highest BCUT2D eigenvalue weighted by molar-refractivity contribution is 7.89. The zero-order valence-electron chi connectivity index (χ0n) is 13.1. The summed E-state index contributed by atoms with van der Waals surface area (Å²) in [6.07, 6.45) is 4.39. The van der Waals surface area contributed by atoms with E-state index in [1.165, 1.54) is 6.42 Å². The van der Waals surface area contributed by atoms with E-state index < -0.39 is 10.0 Å². The van der Waals surface area contributed by atoms with Gasteiger partial charge in [-0.3, -0.25) is 0 Å². The molecular weight excluding hydrogens is 284 g/mol. The zero-order chi connectivity index (χ0) is 15.5. The minimum Gasteiger partial charge on any atom is -0.313 e. The van der Waals surface area contributed by atoms with Crippen molar-refractivity contribution in [1.29, 1.82) is 0 Å². The number of nitrogens with one attached hydrogen (secondary N) is 2. The SMILES string of the molecule is CCC(NC)c1cccc(S(=O)(=O)NC(C)C2CCC2)c1. The Morgan fingerprint density at radius 2 is 2.05 bits per heavy atom. The van der Waals surface area contributed by atoms with Crippen LogP contribution >= 0.6 is 0 Å². The van der Waals surface area contributed by atoms with Crippen molar-refractivity contribution in [1.82, 2.24) is 10.0 Å². The predicted molar refractivity (Wildman–Crippen MR) is 85.7 cm³/mol. The second-order valence-corrected chi connectivity index (χ2v) is 7.64. The van der Waals surface area contributed by atoms with Gasteiger partial charge in [0.2, 0.25) is 10.0 Å². The molecule has 0 heterocycles. The van der Waals surface area contributed by atoms with Crippen LogP contribution in [0.1, 0.15) is 51.1 Å².